The minimum Gasteiger partial charge on any atom is -0.457 e. The molecule has 3 rings (SSSR count). The number of hydrogen-bond acceptors (Lipinski definition) is 8. The summed E-state index contributed by atoms with van der Waals surface area (Å²) in [6.07, 6.45) is -2.81. The molecule has 0 radical (unpaired) electrons. The zero-order valence-electron chi connectivity index (χ0n) is 10.3. The van der Waals surface area contributed by atoms with Gasteiger partial charge in [0.05, 0.1) is 6.10 Å². The summed E-state index contributed by atoms with van der Waals surface area (Å²) in [4.78, 5) is 11.5. The molecule has 3 fully saturated rings. The van der Waals surface area contributed by atoms with Crippen molar-refractivity contribution in [2.75, 3.05) is 0 Å². The maximum atomic E-state index is 12.1. The SMILES string of the molecule is O=C1OC2C(CC3OC32)C1OS(=O)(=O)NS(=O)(=O)C(F)(F)F. The Morgan fingerprint density at radius 1 is 1.18 bits per heavy atom. The van der Waals surface area contributed by atoms with Gasteiger partial charge in [0, 0.05) is 5.92 Å². The van der Waals surface area contributed by atoms with Crippen LogP contribution in [0.4, 0.5) is 13.2 Å². The molecule has 0 amide bonds. The molecular weight excluding hydrogens is 359 g/mol. The van der Waals surface area contributed by atoms with Crippen LogP contribution in [0.1, 0.15) is 6.42 Å². The van der Waals surface area contributed by atoms with E-state index in [-0.39, 0.29) is 18.6 Å². The molecule has 2 heterocycles. The number of fused-ring (bicyclic) bond motifs is 3. The van der Waals surface area contributed by atoms with Crippen molar-refractivity contribution < 1.29 is 48.5 Å². The molecule has 126 valence electrons. The first kappa shape index (κ1) is 15.9. The second-order valence-electron chi connectivity index (χ2n) is 4.94. The Balaban J connectivity index is 1.73. The minimum absolute atomic E-state index is 0.219. The van der Waals surface area contributed by atoms with E-state index in [9.17, 15) is 34.8 Å². The van der Waals surface area contributed by atoms with Crippen LogP contribution in [0.2, 0.25) is 0 Å². The number of epoxide rings is 1. The van der Waals surface area contributed by atoms with Gasteiger partial charge in [-0.2, -0.15) is 21.6 Å². The summed E-state index contributed by atoms with van der Waals surface area (Å²) in [6.45, 7) is 0. The number of carbonyl (C=O) groups excluding carboxylic acids is 1. The molecule has 0 aromatic rings. The minimum atomic E-state index is -6.18. The van der Waals surface area contributed by atoms with Crippen LogP contribution in [-0.2, 0) is 38.8 Å². The quantitative estimate of drug-likeness (QED) is 0.483. The monoisotopic (exact) mass is 367 g/mol. The molecule has 0 spiro atoms. The predicted molar refractivity (Wildman–Crippen MR) is 58.6 cm³/mol. The van der Waals surface area contributed by atoms with Crippen LogP contribution in [0.25, 0.3) is 0 Å². The molecule has 2 saturated heterocycles. The van der Waals surface area contributed by atoms with Gasteiger partial charge in [0.25, 0.3) is 0 Å². The number of rotatable bonds is 4. The molecule has 2 aliphatic heterocycles. The van der Waals surface area contributed by atoms with E-state index in [1.54, 1.807) is 0 Å². The number of ether oxygens (including phenoxy) is 2. The van der Waals surface area contributed by atoms with Crippen molar-refractivity contribution in [2.24, 2.45) is 5.92 Å². The fourth-order valence-corrected chi connectivity index (χ4v) is 4.66. The molecule has 14 heteroatoms. The number of hydrogen-bond donors (Lipinski definition) is 1. The molecular formula is C8H8F3NO8S2. The highest BCUT2D eigenvalue weighted by molar-refractivity contribution is 8.03. The van der Waals surface area contributed by atoms with Crippen LogP contribution in [0.5, 0.6) is 0 Å². The molecule has 0 aromatic carbocycles. The summed E-state index contributed by atoms with van der Waals surface area (Å²) >= 11 is 0. The summed E-state index contributed by atoms with van der Waals surface area (Å²) in [6, 6.07) is 0. The van der Waals surface area contributed by atoms with Crippen molar-refractivity contribution in [1.82, 2.24) is 4.13 Å². The van der Waals surface area contributed by atoms with Gasteiger partial charge in [-0.05, 0) is 6.42 Å². The van der Waals surface area contributed by atoms with Crippen LogP contribution in [0.3, 0.4) is 0 Å². The molecule has 0 bridgehead atoms. The Morgan fingerprint density at radius 3 is 2.41 bits per heavy atom. The number of esters is 1. The van der Waals surface area contributed by atoms with Crippen molar-refractivity contribution >= 4 is 26.3 Å². The maximum Gasteiger partial charge on any atom is 0.512 e. The molecule has 1 saturated carbocycles. The van der Waals surface area contributed by atoms with Crippen LogP contribution < -0.4 is 4.13 Å². The van der Waals surface area contributed by atoms with E-state index in [2.05, 4.69) is 4.18 Å². The summed E-state index contributed by atoms with van der Waals surface area (Å²) < 4.78 is 95.4. The Kier molecular flexibility index (Phi) is 3.28. The first-order valence-electron chi connectivity index (χ1n) is 5.80. The van der Waals surface area contributed by atoms with Crippen molar-refractivity contribution in [3.8, 4) is 0 Å². The van der Waals surface area contributed by atoms with Crippen molar-refractivity contribution in [2.45, 2.75) is 36.3 Å². The van der Waals surface area contributed by atoms with E-state index in [1.165, 1.54) is 0 Å². The first-order valence-corrected chi connectivity index (χ1v) is 8.69. The number of halogens is 3. The smallest absolute Gasteiger partial charge is 0.457 e. The third-order valence-electron chi connectivity index (χ3n) is 3.49. The van der Waals surface area contributed by atoms with Gasteiger partial charge in [-0.15, -0.1) is 0 Å². The van der Waals surface area contributed by atoms with E-state index in [4.69, 9.17) is 9.47 Å². The lowest BCUT2D eigenvalue weighted by Crippen LogP contribution is -2.43. The highest BCUT2D eigenvalue weighted by Crippen LogP contribution is 2.49. The summed E-state index contributed by atoms with van der Waals surface area (Å²) in [5.41, 5.74) is -5.84. The van der Waals surface area contributed by atoms with E-state index < -0.39 is 49.9 Å². The Bertz CT molecular complexity index is 716. The van der Waals surface area contributed by atoms with Crippen LogP contribution in [0, 0.1) is 5.92 Å². The van der Waals surface area contributed by atoms with E-state index in [0.29, 0.717) is 4.13 Å². The van der Waals surface area contributed by atoms with Gasteiger partial charge in [-0.25, -0.2) is 17.4 Å². The Morgan fingerprint density at radius 2 is 1.82 bits per heavy atom. The lowest BCUT2D eigenvalue weighted by molar-refractivity contribution is -0.146. The lowest BCUT2D eigenvalue weighted by atomic mass is 10.0. The number of alkyl halides is 3. The molecule has 5 unspecified atom stereocenters. The Hall–Kier alpha value is -0.960. The van der Waals surface area contributed by atoms with Gasteiger partial charge in [0.15, 0.2) is 6.10 Å². The highest BCUT2D eigenvalue weighted by Gasteiger charge is 2.65. The topological polar surface area (TPSA) is 128 Å². The van der Waals surface area contributed by atoms with Crippen molar-refractivity contribution in [3.05, 3.63) is 0 Å². The molecule has 1 N–H and O–H groups in total. The zero-order chi connectivity index (χ0) is 16.5. The normalized spacial score (nSPS) is 37.6. The van der Waals surface area contributed by atoms with E-state index in [0.717, 1.165) is 0 Å². The van der Waals surface area contributed by atoms with Crippen LogP contribution in [0.15, 0.2) is 0 Å². The standard InChI is InChI=1S/C8H8F3NO8S2/c9-8(10,11)21(14,15)12-22(16,17)20-5-2-1-3-6(18-3)4(2)19-7(5)13/h2-6,12H,1H2. The number of carbonyl (C=O) groups is 1. The summed E-state index contributed by atoms with van der Waals surface area (Å²) in [5, 5.41) is 0. The van der Waals surface area contributed by atoms with Crippen molar-refractivity contribution in [3.63, 3.8) is 0 Å². The fourth-order valence-electron chi connectivity index (χ4n) is 2.56. The van der Waals surface area contributed by atoms with Gasteiger partial charge < -0.3 is 9.47 Å². The highest BCUT2D eigenvalue weighted by atomic mass is 32.3. The van der Waals surface area contributed by atoms with Gasteiger partial charge in [-0.3, -0.25) is 0 Å². The number of sulfonamides is 1. The van der Waals surface area contributed by atoms with Gasteiger partial charge >= 0.3 is 31.8 Å². The largest absolute Gasteiger partial charge is 0.512 e. The summed E-state index contributed by atoms with van der Waals surface area (Å²) in [7, 11) is -11.6. The first-order chi connectivity index (χ1) is 9.91. The second kappa shape index (κ2) is 4.53. The molecule has 5 atom stereocenters. The number of nitrogens with one attached hydrogen (secondary N) is 1. The van der Waals surface area contributed by atoms with Gasteiger partial charge in [0.2, 0.25) is 0 Å². The second-order valence-corrected chi connectivity index (χ2v) is 8.18. The zero-order valence-corrected chi connectivity index (χ0v) is 11.9. The molecule has 22 heavy (non-hydrogen) atoms. The van der Waals surface area contributed by atoms with Gasteiger partial charge in [0.1, 0.15) is 12.2 Å². The van der Waals surface area contributed by atoms with Crippen molar-refractivity contribution in [1.29, 1.82) is 0 Å². The molecule has 3 aliphatic rings. The fraction of sp³-hybridized carbons (Fsp3) is 0.875. The van der Waals surface area contributed by atoms with E-state index >= 15 is 0 Å². The predicted octanol–water partition coefficient (Wildman–Crippen LogP) is -1.23. The van der Waals surface area contributed by atoms with Crippen LogP contribution >= 0.6 is 0 Å². The summed E-state index contributed by atoms with van der Waals surface area (Å²) in [5.74, 6) is -1.82. The Labute approximate surface area is 122 Å². The molecule has 1 aliphatic carbocycles. The molecule has 9 nitrogen and oxygen atoms in total. The third kappa shape index (κ3) is 2.58. The van der Waals surface area contributed by atoms with E-state index in [1.807, 2.05) is 0 Å². The lowest BCUT2D eigenvalue weighted by Gasteiger charge is -2.16. The average molecular weight is 367 g/mol. The third-order valence-corrected chi connectivity index (χ3v) is 6.26. The average Bonchev–Trinajstić information content (AvgIpc) is 2.90. The van der Waals surface area contributed by atoms with Crippen LogP contribution in [-0.4, -0.2) is 52.7 Å². The molecule has 0 aromatic heterocycles. The van der Waals surface area contributed by atoms with Gasteiger partial charge in [-0.1, -0.05) is 4.13 Å². The maximum absolute atomic E-state index is 12.1.